The topological polar surface area (TPSA) is 86.3 Å². The fraction of sp³-hybridized carbons (Fsp3) is 0.125. The standard InChI is InChI=1S/C24H18FN3O3S/c25-17-10-8-16(9-11-17)13-21-23(30)28(18-5-2-1-3-6-18)24(32-21)20(14-26)22(29)27-15-19-7-4-12-31-19/h1-12,21H,13,15H2,(H,27,29)/b24-20-/t21-/m0/s1. The lowest BCUT2D eigenvalue weighted by atomic mass is 10.1. The van der Waals surface area contributed by atoms with Crippen LogP contribution in [0.5, 0.6) is 0 Å². The van der Waals surface area contributed by atoms with Crippen molar-refractivity contribution < 1.29 is 18.4 Å². The van der Waals surface area contributed by atoms with E-state index in [-0.39, 0.29) is 28.9 Å². The lowest BCUT2D eigenvalue weighted by Gasteiger charge is -2.18. The molecule has 2 heterocycles. The molecule has 1 atom stereocenters. The molecule has 3 aromatic rings. The van der Waals surface area contributed by atoms with Crippen LogP contribution in [0.3, 0.4) is 0 Å². The van der Waals surface area contributed by atoms with Crippen LogP contribution in [-0.4, -0.2) is 17.1 Å². The van der Waals surface area contributed by atoms with E-state index in [1.807, 2.05) is 12.1 Å². The maximum atomic E-state index is 13.3. The first-order valence-corrected chi connectivity index (χ1v) is 10.7. The molecule has 4 rings (SSSR count). The van der Waals surface area contributed by atoms with Gasteiger partial charge in [0.15, 0.2) is 0 Å². The Hall–Kier alpha value is -3.83. The number of nitrogens with one attached hydrogen (secondary N) is 1. The maximum Gasteiger partial charge on any atom is 0.265 e. The molecule has 6 nitrogen and oxygen atoms in total. The van der Waals surface area contributed by atoms with Gasteiger partial charge in [0.05, 0.1) is 18.1 Å². The highest BCUT2D eigenvalue weighted by atomic mass is 32.2. The van der Waals surface area contributed by atoms with Crippen LogP contribution in [0.15, 0.2) is 88.0 Å². The Morgan fingerprint density at radius 1 is 1.12 bits per heavy atom. The summed E-state index contributed by atoms with van der Waals surface area (Å²) >= 11 is 1.16. The van der Waals surface area contributed by atoms with Gasteiger partial charge in [0.1, 0.15) is 28.2 Å². The van der Waals surface area contributed by atoms with Crippen molar-refractivity contribution in [1.29, 1.82) is 5.26 Å². The van der Waals surface area contributed by atoms with Gasteiger partial charge in [-0.25, -0.2) is 4.39 Å². The SMILES string of the molecule is N#C/C(C(=O)NCc1ccco1)=C1/S[C@@H](Cc2ccc(F)cc2)C(=O)N1c1ccccc1. The van der Waals surface area contributed by atoms with Crippen molar-refractivity contribution in [2.24, 2.45) is 0 Å². The third kappa shape index (κ3) is 4.58. The van der Waals surface area contributed by atoms with E-state index in [4.69, 9.17) is 4.42 Å². The van der Waals surface area contributed by atoms with Gasteiger partial charge < -0.3 is 9.73 Å². The largest absolute Gasteiger partial charge is 0.467 e. The Morgan fingerprint density at radius 3 is 2.53 bits per heavy atom. The zero-order chi connectivity index (χ0) is 22.5. The minimum Gasteiger partial charge on any atom is -0.467 e. The van der Waals surface area contributed by atoms with Gasteiger partial charge in [-0.05, 0) is 48.4 Å². The number of halogens is 1. The smallest absolute Gasteiger partial charge is 0.265 e. The monoisotopic (exact) mass is 447 g/mol. The molecule has 1 saturated heterocycles. The van der Waals surface area contributed by atoms with E-state index in [9.17, 15) is 19.2 Å². The lowest BCUT2D eigenvalue weighted by Crippen LogP contribution is -2.32. The summed E-state index contributed by atoms with van der Waals surface area (Å²) in [6.45, 7) is 0.118. The highest BCUT2D eigenvalue weighted by Crippen LogP contribution is 2.41. The number of hydrogen-bond acceptors (Lipinski definition) is 5. The van der Waals surface area contributed by atoms with Gasteiger partial charge in [-0.1, -0.05) is 42.1 Å². The van der Waals surface area contributed by atoms with Crippen LogP contribution in [0.2, 0.25) is 0 Å². The summed E-state index contributed by atoms with van der Waals surface area (Å²) in [5.74, 6) is -0.648. The number of benzene rings is 2. The van der Waals surface area contributed by atoms with E-state index in [1.54, 1.807) is 48.5 Å². The van der Waals surface area contributed by atoms with E-state index in [1.165, 1.54) is 23.3 Å². The first kappa shape index (κ1) is 21.4. The quantitative estimate of drug-likeness (QED) is 0.453. The molecule has 8 heteroatoms. The highest BCUT2D eigenvalue weighted by Gasteiger charge is 2.40. The van der Waals surface area contributed by atoms with Crippen LogP contribution < -0.4 is 10.2 Å². The highest BCUT2D eigenvalue weighted by molar-refractivity contribution is 8.05. The molecule has 1 N–H and O–H groups in total. The number of nitrogens with zero attached hydrogens (tertiary/aromatic N) is 2. The van der Waals surface area contributed by atoms with Crippen molar-refractivity contribution in [3.8, 4) is 6.07 Å². The molecule has 0 bridgehead atoms. The molecule has 160 valence electrons. The van der Waals surface area contributed by atoms with Gasteiger partial charge in [-0.3, -0.25) is 14.5 Å². The molecule has 0 spiro atoms. The summed E-state index contributed by atoms with van der Waals surface area (Å²) in [5.41, 5.74) is 1.20. The molecule has 1 aliphatic heterocycles. The minimum atomic E-state index is -0.595. The summed E-state index contributed by atoms with van der Waals surface area (Å²) in [6.07, 6.45) is 1.83. The molecule has 2 aromatic carbocycles. The predicted octanol–water partition coefficient (Wildman–Crippen LogP) is 4.16. The zero-order valence-corrected chi connectivity index (χ0v) is 17.6. The van der Waals surface area contributed by atoms with Crippen molar-refractivity contribution in [2.75, 3.05) is 4.90 Å². The molecule has 0 saturated carbocycles. The number of rotatable bonds is 6. The minimum absolute atomic E-state index is 0.118. The van der Waals surface area contributed by atoms with E-state index < -0.39 is 11.2 Å². The van der Waals surface area contributed by atoms with Crippen molar-refractivity contribution >= 4 is 29.3 Å². The predicted molar refractivity (Wildman–Crippen MR) is 119 cm³/mol. The summed E-state index contributed by atoms with van der Waals surface area (Å²) < 4.78 is 18.5. The number of thioether (sulfide) groups is 1. The Bertz CT molecular complexity index is 1190. The number of carbonyl (C=O) groups excluding carboxylic acids is 2. The average molecular weight is 447 g/mol. The van der Waals surface area contributed by atoms with Gasteiger partial charge in [-0.15, -0.1) is 0 Å². The average Bonchev–Trinajstić information content (AvgIpc) is 3.43. The van der Waals surface area contributed by atoms with Crippen molar-refractivity contribution in [3.63, 3.8) is 0 Å². The van der Waals surface area contributed by atoms with Gasteiger partial charge >= 0.3 is 0 Å². The second-order valence-corrected chi connectivity index (χ2v) is 8.19. The number of para-hydroxylation sites is 1. The molecule has 0 unspecified atom stereocenters. The van der Waals surface area contributed by atoms with Crippen molar-refractivity contribution in [1.82, 2.24) is 5.32 Å². The van der Waals surface area contributed by atoms with E-state index in [0.29, 0.717) is 17.9 Å². The summed E-state index contributed by atoms with van der Waals surface area (Å²) in [7, 11) is 0. The Labute approximate surface area is 188 Å². The lowest BCUT2D eigenvalue weighted by molar-refractivity contribution is -0.117. The van der Waals surface area contributed by atoms with Gasteiger partial charge in [0.2, 0.25) is 5.91 Å². The van der Waals surface area contributed by atoms with E-state index in [0.717, 1.165) is 17.3 Å². The third-order valence-corrected chi connectivity index (χ3v) is 6.12. The van der Waals surface area contributed by atoms with Gasteiger partial charge in [0, 0.05) is 5.69 Å². The van der Waals surface area contributed by atoms with Crippen LogP contribution >= 0.6 is 11.8 Å². The Kier molecular flexibility index (Phi) is 6.38. The second-order valence-electron chi connectivity index (χ2n) is 7.00. The van der Waals surface area contributed by atoms with E-state index >= 15 is 0 Å². The molecular weight excluding hydrogens is 429 g/mol. The Balaban J connectivity index is 1.66. The number of amides is 2. The van der Waals surface area contributed by atoms with Crippen LogP contribution in [0.4, 0.5) is 10.1 Å². The number of carbonyl (C=O) groups is 2. The normalized spacial score (nSPS) is 17.2. The molecule has 0 aliphatic carbocycles. The number of nitriles is 1. The molecular formula is C24H18FN3O3S. The zero-order valence-electron chi connectivity index (χ0n) is 16.8. The first-order chi connectivity index (χ1) is 15.6. The number of anilines is 1. The number of furan rings is 1. The molecule has 1 fully saturated rings. The van der Waals surface area contributed by atoms with Crippen molar-refractivity contribution in [2.45, 2.75) is 18.2 Å². The van der Waals surface area contributed by atoms with Crippen LogP contribution in [0.25, 0.3) is 0 Å². The Morgan fingerprint density at radius 2 is 1.88 bits per heavy atom. The van der Waals surface area contributed by atoms with Crippen LogP contribution in [-0.2, 0) is 22.6 Å². The van der Waals surface area contributed by atoms with Crippen molar-refractivity contribution in [3.05, 3.63) is 101 Å². The molecule has 1 aromatic heterocycles. The van der Waals surface area contributed by atoms with Gasteiger partial charge in [0.25, 0.3) is 5.91 Å². The van der Waals surface area contributed by atoms with Crippen LogP contribution in [0, 0.1) is 17.1 Å². The summed E-state index contributed by atoms with van der Waals surface area (Å²) in [4.78, 5) is 27.5. The first-order valence-electron chi connectivity index (χ1n) is 9.82. The van der Waals surface area contributed by atoms with Crippen LogP contribution in [0.1, 0.15) is 11.3 Å². The van der Waals surface area contributed by atoms with Gasteiger partial charge in [-0.2, -0.15) is 5.26 Å². The number of hydrogen-bond donors (Lipinski definition) is 1. The fourth-order valence-corrected chi connectivity index (χ4v) is 4.61. The molecule has 2 amide bonds. The fourth-order valence-electron chi connectivity index (χ4n) is 3.30. The molecule has 1 aliphatic rings. The summed E-state index contributed by atoms with van der Waals surface area (Å²) in [6, 6.07) is 20.2. The third-order valence-electron chi connectivity index (χ3n) is 4.86. The van der Waals surface area contributed by atoms with E-state index in [2.05, 4.69) is 5.32 Å². The molecule has 0 radical (unpaired) electrons. The summed E-state index contributed by atoms with van der Waals surface area (Å²) in [5, 5.41) is 12.2. The maximum absolute atomic E-state index is 13.3. The molecule has 32 heavy (non-hydrogen) atoms. The second kappa shape index (κ2) is 9.54.